The smallest absolute Gasteiger partial charge is 0.303 e. The highest BCUT2D eigenvalue weighted by molar-refractivity contribution is 6.48. The molecule has 1 aromatic heterocycles. The summed E-state index contributed by atoms with van der Waals surface area (Å²) in [6, 6.07) is 18.0. The number of aliphatic carboxylic acids is 1. The minimum absolute atomic E-state index is 0.00974. The van der Waals surface area contributed by atoms with Crippen molar-refractivity contribution in [3.63, 3.8) is 0 Å². The van der Waals surface area contributed by atoms with E-state index in [2.05, 4.69) is 56.1 Å². The van der Waals surface area contributed by atoms with E-state index in [1.165, 1.54) is 0 Å². The Hall–Kier alpha value is -3.23. The van der Waals surface area contributed by atoms with E-state index in [4.69, 9.17) is 14.0 Å². The molecule has 3 aromatic rings. The van der Waals surface area contributed by atoms with Gasteiger partial charge < -0.3 is 19.1 Å². The van der Waals surface area contributed by atoms with Crippen LogP contribution in [0.1, 0.15) is 56.9 Å². The van der Waals surface area contributed by atoms with Gasteiger partial charge >= 0.3 is 5.97 Å². The summed E-state index contributed by atoms with van der Waals surface area (Å²) in [6.45, 7) is 12.9. The lowest BCUT2D eigenvalue weighted by Gasteiger charge is -2.43. The molecular formula is C30H37N2O5Si. The first-order valence-electron chi connectivity index (χ1n) is 13.0. The standard InChI is InChI=1S/C30H37N2O5Si/c1-20-17-22(24-9-7-8-10-25(24)31-20)19-35-23-13-11-21(12-14-23)26-18-30(37-32-26,16-15-27(33)34)28(29(2,3)4)36-38(5)6/h7-14,17,28H,15-16,18-19H2,1-6H3,(H,33,34). The number of carbonyl (C=O) groups is 1. The van der Waals surface area contributed by atoms with Crippen molar-refractivity contribution in [1.82, 2.24) is 4.98 Å². The number of oxime groups is 1. The van der Waals surface area contributed by atoms with Gasteiger partial charge in [0.05, 0.1) is 17.3 Å². The summed E-state index contributed by atoms with van der Waals surface area (Å²) in [5.41, 5.74) is 3.64. The molecule has 2 atom stereocenters. The minimum Gasteiger partial charge on any atom is -0.489 e. The molecule has 1 aliphatic rings. The third-order valence-electron chi connectivity index (χ3n) is 6.70. The van der Waals surface area contributed by atoms with E-state index in [0.29, 0.717) is 19.4 Å². The maximum atomic E-state index is 11.5. The summed E-state index contributed by atoms with van der Waals surface area (Å²) < 4.78 is 12.6. The molecule has 8 heteroatoms. The van der Waals surface area contributed by atoms with E-state index in [-0.39, 0.29) is 17.9 Å². The first-order chi connectivity index (χ1) is 18.0. The molecule has 0 fully saturated rings. The van der Waals surface area contributed by atoms with Gasteiger partial charge in [-0.3, -0.25) is 9.78 Å². The van der Waals surface area contributed by atoms with Gasteiger partial charge in [-0.05, 0) is 67.4 Å². The van der Waals surface area contributed by atoms with Crippen LogP contribution in [0.2, 0.25) is 13.1 Å². The summed E-state index contributed by atoms with van der Waals surface area (Å²) >= 11 is 0. The van der Waals surface area contributed by atoms with Crippen LogP contribution in [-0.2, 0) is 20.7 Å². The van der Waals surface area contributed by atoms with E-state index in [9.17, 15) is 9.90 Å². The Morgan fingerprint density at radius 3 is 2.53 bits per heavy atom. The van der Waals surface area contributed by atoms with Crippen LogP contribution in [0.3, 0.4) is 0 Å². The highest BCUT2D eigenvalue weighted by Crippen LogP contribution is 2.43. The van der Waals surface area contributed by atoms with Crippen LogP contribution in [0, 0.1) is 12.3 Å². The Balaban J connectivity index is 1.50. The third kappa shape index (κ3) is 6.42. The summed E-state index contributed by atoms with van der Waals surface area (Å²) in [5, 5.41) is 15.0. The van der Waals surface area contributed by atoms with Crippen molar-refractivity contribution >= 4 is 31.6 Å². The van der Waals surface area contributed by atoms with Gasteiger partial charge in [0.25, 0.3) is 0 Å². The van der Waals surface area contributed by atoms with E-state index in [0.717, 1.165) is 39.2 Å². The monoisotopic (exact) mass is 533 g/mol. The number of aryl methyl sites for hydroxylation is 1. The number of carboxylic acid groups (broad SMARTS) is 1. The Morgan fingerprint density at radius 1 is 1.16 bits per heavy atom. The zero-order valence-corrected chi connectivity index (χ0v) is 24.1. The SMILES string of the molecule is Cc1cc(COc2ccc(C3=NOC(CCC(=O)O)(C(O[Si](C)C)C(C)(C)C)C3)cc2)c2ccccc2n1. The minimum atomic E-state index is -1.06. The number of benzene rings is 2. The second-order valence-electron chi connectivity index (χ2n) is 11.3. The van der Waals surface area contributed by atoms with E-state index in [1.807, 2.05) is 49.4 Å². The molecule has 0 spiro atoms. The highest BCUT2D eigenvalue weighted by atomic mass is 28.3. The first-order valence-corrected chi connectivity index (χ1v) is 15.4. The zero-order valence-electron chi connectivity index (χ0n) is 23.1. The number of rotatable bonds is 10. The van der Waals surface area contributed by atoms with E-state index < -0.39 is 20.6 Å². The molecule has 38 heavy (non-hydrogen) atoms. The third-order valence-corrected chi connectivity index (χ3v) is 7.40. The van der Waals surface area contributed by atoms with Crippen molar-refractivity contribution in [1.29, 1.82) is 0 Å². The van der Waals surface area contributed by atoms with Gasteiger partial charge in [-0.2, -0.15) is 0 Å². The van der Waals surface area contributed by atoms with Gasteiger partial charge in [-0.25, -0.2) is 0 Å². The van der Waals surface area contributed by atoms with Crippen molar-refractivity contribution in [2.75, 3.05) is 0 Å². The van der Waals surface area contributed by atoms with Gasteiger partial charge in [-0.15, -0.1) is 0 Å². The summed E-state index contributed by atoms with van der Waals surface area (Å²) in [6.07, 6.45) is 0.512. The number of carboxylic acids is 1. The largest absolute Gasteiger partial charge is 0.489 e. The Bertz CT molecular complexity index is 1320. The second-order valence-corrected chi connectivity index (χ2v) is 13.3. The molecule has 0 bridgehead atoms. The first kappa shape index (κ1) is 27.8. The Kier molecular flexibility index (Phi) is 8.23. The van der Waals surface area contributed by atoms with Crippen LogP contribution in [-0.4, -0.2) is 42.5 Å². The van der Waals surface area contributed by atoms with E-state index >= 15 is 0 Å². The van der Waals surface area contributed by atoms with Crippen LogP contribution in [0.5, 0.6) is 5.75 Å². The highest BCUT2D eigenvalue weighted by Gasteiger charge is 2.52. The lowest BCUT2D eigenvalue weighted by molar-refractivity contribution is -0.150. The second kappa shape index (κ2) is 11.3. The molecule has 4 rings (SSSR count). The number of aromatic nitrogens is 1. The van der Waals surface area contributed by atoms with Crippen molar-refractivity contribution < 1.29 is 23.9 Å². The molecule has 0 saturated carbocycles. The summed E-state index contributed by atoms with van der Waals surface area (Å²) in [7, 11) is -1.06. The number of hydrogen-bond donors (Lipinski definition) is 1. The Labute approximate surface area is 226 Å². The maximum Gasteiger partial charge on any atom is 0.303 e. The number of nitrogens with zero attached hydrogens (tertiary/aromatic N) is 2. The molecule has 1 aliphatic heterocycles. The van der Waals surface area contributed by atoms with Crippen LogP contribution < -0.4 is 4.74 Å². The van der Waals surface area contributed by atoms with Crippen molar-refractivity contribution in [3.8, 4) is 5.75 Å². The van der Waals surface area contributed by atoms with Gasteiger partial charge in [0.1, 0.15) is 12.4 Å². The molecule has 2 unspecified atom stereocenters. The predicted molar refractivity (Wildman–Crippen MR) is 151 cm³/mol. The fourth-order valence-electron chi connectivity index (χ4n) is 5.10. The topological polar surface area (TPSA) is 90.2 Å². The average molecular weight is 534 g/mol. The van der Waals surface area contributed by atoms with Crippen LogP contribution in [0.4, 0.5) is 0 Å². The summed E-state index contributed by atoms with van der Waals surface area (Å²) in [4.78, 5) is 22.2. The lowest BCUT2D eigenvalue weighted by atomic mass is 9.74. The zero-order chi connectivity index (χ0) is 27.5. The molecule has 7 nitrogen and oxygen atoms in total. The normalized spacial score (nSPS) is 18.3. The molecule has 0 amide bonds. The van der Waals surface area contributed by atoms with Crippen LogP contribution in [0.15, 0.2) is 59.8 Å². The molecule has 201 valence electrons. The number of pyridine rings is 1. The fourth-order valence-corrected chi connectivity index (χ4v) is 6.14. The van der Waals surface area contributed by atoms with Gasteiger partial charge in [-0.1, -0.05) is 44.1 Å². The van der Waals surface area contributed by atoms with Crippen LogP contribution in [0.25, 0.3) is 10.9 Å². The lowest BCUT2D eigenvalue weighted by Crippen LogP contribution is -2.53. The average Bonchev–Trinajstić information content (AvgIpc) is 3.29. The predicted octanol–water partition coefficient (Wildman–Crippen LogP) is 6.53. The summed E-state index contributed by atoms with van der Waals surface area (Å²) in [5.74, 6) is -0.102. The quantitative estimate of drug-likeness (QED) is 0.298. The van der Waals surface area contributed by atoms with Gasteiger partial charge in [0.15, 0.2) is 5.60 Å². The maximum absolute atomic E-state index is 11.5. The number of ether oxygens (including phenoxy) is 1. The molecule has 1 N–H and O–H groups in total. The fraction of sp³-hybridized carbons (Fsp3) is 0.433. The number of hydrogen-bond acceptors (Lipinski definition) is 6. The molecule has 1 radical (unpaired) electrons. The van der Waals surface area contributed by atoms with Crippen LogP contribution >= 0.6 is 0 Å². The van der Waals surface area contributed by atoms with Crippen molar-refractivity contribution in [2.24, 2.45) is 10.6 Å². The number of para-hydroxylation sites is 1. The molecular weight excluding hydrogens is 496 g/mol. The Morgan fingerprint density at radius 2 is 1.87 bits per heavy atom. The van der Waals surface area contributed by atoms with Crippen molar-refractivity contribution in [2.45, 2.75) is 78.4 Å². The molecule has 0 aliphatic carbocycles. The molecule has 0 saturated heterocycles. The van der Waals surface area contributed by atoms with Crippen molar-refractivity contribution in [3.05, 3.63) is 71.4 Å². The molecule has 2 aromatic carbocycles. The molecule has 2 heterocycles. The van der Waals surface area contributed by atoms with Gasteiger partial charge in [0, 0.05) is 35.9 Å². The number of fused-ring (bicyclic) bond motifs is 1. The van der Waals surface area contributed by atoms with E-state index in [1.54, 1.807) is 0 Å². The van der Waals surface area contributed by atoms with Gasteiger partial charge in [0.2, 0.25) is 9.04 Å².